The number of carbonyl (C=O) groups is 1. The maximum atomic E-state index is 13.3. The van der Waals surface area contributed by atoms with Gasteiger partial charge in [0.05, 0.1) is 17.1 Å². The van der Waals surface area contributed by atoms with Crippen LogP contribution in [-0.2, 0) is 21.4 Å². The Bertz CT molecular complexity index is 1270. The zero-order valence-electron chi connectivity index (χ0n) is 17.0. The minimum absolute atomic E-state index is 0.102. The summed E-state index contributed by atoms with van der Waals surface area (Å²) in [4.78, 5) is 19.3. The topological polar surface area (TPSA) is 70.6 Å². The molecular formula is C23H20BrN3O3S. The van der Waals surface area contributed by atoms with E-state index in [-0.39, 0.29) is 10.8 Å². The number of fused-ring (bicyclic) bond motifs is 1. The van der Waals surface area contributed by atoms with Crippen molar-refractivity contribution in [1.82, 2.24) is 9.29 Å². The maximum absolute atomic E-state index is 13.3. The van der Waals surface area contributed by atoms with E-state index in [2.05, 4.69) is 20.9 Å². The molecule has 0 bridgehead atoms. The number of hydrogen-bond donors (Lipinski definition) is 0. The Kier molecular flexibility index (Phi) is 5.79. The number of sulfonamides is 1. The lowest BCUT2D eigenvalue weighted by Gasteiger charge is -2.18. The number of halogens is 1. The molecule has 6 nitrogen and oxygen atoms in total. The van der Waals surface area contributed by atoms with Gasteiger partial charge in [0.2, 0.25) is 10.0 Å². The van der Waals surface area contributed by atoms with Gasteiger partial charge in [-0.3, -0.25) is 9.78 Å². The number of benzene rings is 2. The first kappa shape index (κ1) is 21.4. The van der Waals surface area contributed by atoms with Crippen molar-refractivity contribution in [2.75, 3.05) is 19.0 Å². The first-order chi connectivity index (χ1) is 14.8. The van der Waals surface area contributed by atoms with Crippen molar-refractivity contribution < 1.29 is 13.2 Å². The molecule has 8 heteroatoms. The normalized spacial score (nSPS) is 15.0. The summed E-state index contributed by atoms with van der Waals surface area (Å²) in [5.41, 5.74) is 4.01. The Hall–Kier alpha value is -2.81. The number of aromatic nitrogens is 1. The van der Waals surface area contributed by atoms with Crippen LogP contribution in [-0.4, -0.2) is 37.7 Å². The van der Waals surface area contributed by atoms with Crippen molar-refractivity contribution in [1.29, 1.82) is 0 Å². The lowest BCUT2D eigenvalue weighted by molar-refractivity contribution is -0.113. The molecule has 0 saturated carbocycles. The van der Waals surface area contributed by atoms with Crippen LogP contribution in [0.25, 0.3) is 11.6 Å². The first-order valence-electron chi connectivity index (χ1n) is 9.52. The highest BCUT2D eigenvalue weighted by Crippen LogP contribution is 2.40. The third-order valence-corrected chi connectivity index (χ3v) is 7.40. The van der Waals surface area contributed by atoms with E-state index >= 15 is 0 Å². The number of hydrogen-bond acceptors (Lipinski definition) is 4. The summed E-state index contributed by atoms with van der Waals surface area (Å²) in [6.45, 7) is 0.332. The van der Waals surface area contributed by atoms with Crippen LogP contribution in [0, 0.1) is 0 Å². The molecule has 0 aliphatic carbocycles. The molecule has 0 N–H and O–H groups in total. The lowest BCUT2D eigenvalue weighted by atomic mass is 10.0. The van der Waals surface area contributed by atoms with Gasteiger partial charge in [-0.2, -0.15) is 0 Å². The molecule has 2 aromatic carbocycles. The summed E-state index contributed by atoms with van der Waals surface area (Å²) in [7, 11) is -0.502. The molecule has 1 aliphatic heterocycles. The van der Waals surface area contributed by atoms with Crippen LogP contribution >= 0.6 is 15.9 Å². The number of carbonyl (C=O) groups excluding carboxylic acids is 1. The predicted octanol–water partition coefficient (Wildman–Crippen LogP) is 4.18. The van der Waals surface area contributed by atoms with Crippen molar-refractivity contribution in [3.63, 3.8) is 0 Å². The standard InChI is InChI=1S/C23H20BrN3O3S/c1-26(2)31(29,30)19-6-3-17(4-7-19)15-27-22-14-18(24)5-8-20(22)21(23(27)28)13-16-9-11-25-12-10-16/h3-14H,15H2,1-2H3. The smallest absolute Gasteiger partial charge is 0.259 e. The van der Waals surface area contributed by atoms with Crippen LogP contribution < -0.4 is 4.90 Å². The second-order valence-corrected chi connectivity index (χ2v) is 10.4. The number of rotatable bonds is 5. The van der Waals surface area contributed by atoms with Gasteiger partial charge in [0.1, 0.15) is 0 Å². The Morgan fingerprint density at radius 3 is 2.35 bits per heavy atom. The highest BCUT2D eigenvalue weighted by molar-refractivity contribution is 9.10. The average molecular weight is 498 g/mol. The average Bonchev–Trinajstić information content (AvgIpc) is 3.00. The Morgan fingerprint density at radius 1 is 1.03 bits per heavy atom. The van der Waals surface area contributed by atoms with Crippen molar-refractivity contribution in [3.8, 4) is 0 Å². The van der Waals surface area contributed by atoms with Gasteiger partial charge in [0.15, 0.2) is 0 Å². The fourth-order valence-electron chi connectivity index (χ4n) is 3.41. The van der Waals surface area contributed by atoms with Crippen LogP contribution in [0.3, 0.4) is 0 Å². The largest absolute Gasteiger partial charge is 0.303 e. The Balaban J connectivity index is 1.69. The quantitative estimate of drug-likeness (QED) is 0.495. The van der Waals surface area contributed by atoms with Crippen molar-refractivity contribution >= 4 is 49.2 Å². The molecule has 0 saturated heterocycles. The molecule has 1 aliphatic rings. The molecule has 4 rings (SSSR count). The minimum Gasteiger partial charge on any atom is -0.303 e. The maximum Gasteiger partial charge on any atom is 0.259 e. The summed E-state index contributed by atoms with van der Waals surface area (Å²) < 4.78 is 26.7. The van der Waals surface area contributed by atoms with Gasteiger partial charge < -0.3 is 4.90 Å². The zero-order chi connectivity index (χ0) is 22.2. The van der Waals surface area contributed by atoms with Crippen molar-refractivity contribution in [2.45, 2.75) is 11.4 Å². The molecule has 0 unspecified atom stereocenters. The van der Waals surface area contributed by atoms with Crippen LogP contribution in [0.2, 0.25) is 0 Å². The molecule has 1 amide bonds. The molecule has 0 atom stereocenters. The molecule has 0 radical (unpaired) electrons. The van der Waals surface area contributed by atoms with Gasteiger partial charge in [-0.1, -0.05) is 34.1 Å². The first-order valence-corrected chi connectivity index (χ1v) is 11.8. The van der Waals surface area contributed by atoms with Crippen LogP contribution in [0.4, 0.5) is 5.69 Å². The van der Waals surface area contributed by atoms with Gasteiger partial charge in [-0.15, -0.1) is 0 Å². The third-order valence-electron chi connectivity index (χ3n) is 5.08. The highest BCUT2D eigenvalue weighted by atomic mass is 79.9. The molecule has 31 heavy (non-hydrogen) atoms. The van der Waals surface area contributed by atoms with Gasteiger partial charge in [-0.05, 0) is 53.6 Å². The van der Waals surface area contributed by atoms with Gasteiger partial charge in [0, 0.05) is 42.1 Å². The fraction of sp³-hybridized carbons (Fsp3) is 0.130. The van der Waals surface area contributed by atoms with E-state index in [0.29, 0.717) is 12.1 Å². The molecule has 0 spiro atoms. The molecular weight excluding hydrogens is 478 g/mol. The zero-order valence-corrected chi connectivity index (χ0v) is 19.4. The van der Waals surface area contributed by atoms with Crippen LogP contribution in [0.5, 0.6) is 0 Å². The van der Waals surface area contributed by atoms with E-state index in [9.17, 15) is 13.2 Å². The van der Waals surface area contributed by atoms with E-state index < -0.39 is 10.0 Å². The monoisotopic (exact) mass is 497 g/mol. The number of anilines is 1. The van der Waals surface area contributed by atoms with Gasteiger partial charge in [0.25, 0.3) is 5.91 Å². The third kappa shape index (κ3) is 4.19. The van der Waals surface area contributed by atoms with Gasteiger partial charge >= 0.3 is 0 Å². The molecule has 158 valence electrons. The number of amides is 1. The Morgan fingerprint density at radius 2 is 1.71 bits per heavy atom. The summed E-state index contributed by atoms with van der Waals surface area (Å²) >= 11 is 3.49. The lowest BCUT2D eigenvalue weighted by Crippen LogP contribution is -2.26. The van der Waals surface area contributed by atoms with Crippen molar-refractivity contribution in [3.05, 3.63) is 88.2 Å². The minimum atomic E-state index is -3.50. The summed E-state index contributed by atoms with van der Waals surface area (Å²) in [5.74, 6) is -0.102. The SMILES string of the molecule is CN(C)S(=O)(=O)c1ccc(CN2C(=O)C(=Cc3ccncc3)c3ccc(Br)cc32)cc1. The summed E-state index contributed by atoms with van der Waals surface area (Å²) in [6.07, 6.45) is 5.24. The Labute approximate surface area is 190 Å². The van der Waals surface area contributed by atoms with Gasteiger partial charge in [-0.25, -0.2) is 12.7 Å². The number of nitrogens with zero attached hydrogens (tertiary/aromatic N) is 3. The number of pyridine rings is 1. The fourth-order valence-corrected chi connectivity index (χ4v) is 4.66. The van der Waals surface area contributed by atoms with E-state index in [1.165, 1.54) is 18.4 Å². The van der Waals surface area contributed by atoms with Crippen LogP contribution in [0.15, 0.2) is 76.4 Å². The van der Waals surface area contributed by atoms with Crippen LogP contribution in [0.1, 0.15) is 16.7 Å². The second-order valence-electron chi connectivity index (χ2n) is 7.32. The van der Waals surface area contributed by atoms with E-state index in [0.717, 1.165) is 26.9 Å². The molecule has 1 aromatic heterocycles. The van der Waals surface area contributed by atoms with E-state index in [4.69, 9.17) is 0 Å². The highest BCUT2D eigenvalue weighted by Gasteiger charge is 2.32. The van der Waals surface area contributed by atoms with E-state index in [1.54, 1.807) is 41.6 Å². The summed E-state index contributed by atoms with van der Waals surface area (Å²) in [6, 6.07) is 16.1. The van der Waals surface area contributed by atoms with E-state index in [1.807, 2.05) is 36.4 Å². The van der Waals surface area contributed by atoms with Crippen molar-refractivity contribution in [2.24, 2.45) is 0 Å². The second kappa shape index (κ2) is 8.37. The molecule has 0 fully saturated rings. The molecule has 2 heterocycles. The molecule has 3 aromatic rings. The predicted molar refractivity (Wildman–Crippen MR) is 125 cm³/mol. The summed E-state index contributed by atoms with van der Waals surface area (Å²) in [5, 5.41) is 0.